The van der Waals surface area contributed by atoms with Crippen molar-refractivity contribution in [2.45, 2.75) is 19.9 Å². The van der Waals surface area contributed by atoms with Gasteiger partial charge in [0.25, 0.3) is 5.91 Å². The molecule has 0 radical (unpaired) electrons. The van der Waals surface area contributed by atoms with E-state index in [0.717, 1.165) is 44.4 Å². The van der Waals surface area contributed by atoms with Crippen molar-refractivity contribution in [3.8, 4) is 0 Å². The van der Waals surface area contributed by atoms with Gasteiger partial charge in [0.15, 0.2) is 0 Å². The molecule has 144 valence electrons. The Labute approximate surface area is 160 Å². The molecule has 3 heterocycles. The standard InChI is InChI=1S/C20H28N6O/c1-3-21-20(27)17-7-8-18(23-14-17)24-16(2)15-25-10-12-26(13-11-25)19-6-4-5-9-22-19/h4-9,14,16H,3,10-13,15H2,1-2H3,(H,21,27)(H,23,24). The quantitative estimate of drug-likeness (QED) is 0.777. The highest BCUT2D eigenvalue weighted by atomic mass is 16.1. The van der Waals surface area contributed by atoms with Crippen LogP contribution >= 0.6 is 0 Å². The summed E-state index contributed by atoms with van der Waals surface area (Å²) in [6.45, 7) is 9.65. The summed E-state index contributed by atoms with van der Waals surface area (Å²) < 4.78 is 0. The Morgan fingerprint density at radius 3 is 2.59 bits per heavy atom. The van der Waals surface area contributed by atoms with Crippen LogP contribution in [0.1, 0.15) is 24.2 Å². The van der Waals surface area contributed by atoms with Gasteiger partial charge in [-0.3, -0.25) is 9.69 Å². The maximum Gasteiger partial charge on any atom is 0.252 e. The number of amides is 1. The van der Waals surface area contributed by atoms with E-state index in [1.165, 1.54) is 0 Å². The lowest BCUT2D eigenvalue weighted by Gasteiger charge is -2.36. The van der Waals surface area contributed by atoms with Crippen molar-refractivity contribution in [3.05, 3.63) is 48.3 Å². The van der Waals surface area contributed by atoms with Crippen molar-refractivity contribution >= 4 is 17.5 Å². The average Bonchev–Trinajstić information content (AvgIpc) is 2.70. The van der Waals surface area contributed by atoms with E-state index < -0.39 is 0 Å². The van der Waals surface area contributed by atoms with Gasteiger partial charge in [-0.05, 0) is 38.1 Å². The predicted octanol–water partition coefficient (Wildman–Crippen LogP) is 1.85. The summed E-state index contributed by atoms with van der Waals surface area (Å²) in [7, 11) is 0. The molecular formula is C20H28N6O. The van der Waals surface area contributed by atoms with E-state index in [1.54, 1.807) is 12.3 Å². The van der Waals surface area contributed by atoms with E-state index in [9.17, 15) is 4.79 Å². The van der Waals surface area contributed by atoms with E-state index in [4.69, 9.17) is 0 Å². The van der Waals surface area contributed by atoms with Gasteiger partial charge in [0.05, 0.1) is 5.56 Å². The first-order chi connectivity index (χ1) is 13.2. The molecule has 0 aromatic carbocycles. The number of carbonyl (C=O) groups excluding carboxylic acids is 1. The number of nitrogens with one attached hydrogen (secondary N) is 2. The van der Waals surface area contributed by atoms with E-state index >= 15 is 0 Å². The number of hydrogen-bond acceptors (Lipinski definition) is 6. The van der Waals surface area contributed by atoms with E-state index in [0.29, 0.717) is 12.1 Å². The maximum atomic E-state index is 11.8. The summed E-state index contributed by atoms with van der Waals surface area (Å²) in [4.78, 5) is 25.4. The smallest absolute Gasteiger partial charge is 0.252 e. The van der Waals surface area contributed by atoms with Crippen LogP contribution in [-0.2, 0) is 0 Å². The Kier molecular flexibility index (Phi) is 6.59. The summed E-state index contributed by atoms with van der Waals surface area (Å²) in [6.07, 6.45) is 3.46. The van der Waals surface area contributed by atoms with Crippen LogP contribution in [0.3, 0.4) is 0 Å². The third kappa shape index (κ3) is 5.40. The zero-order valence-corrected chi connectivity index (χ0v) is 16.1. The number of rotatable bonds is 7. The lowest BCUT2D eigenvalue weighted by Crippen LogP contribution is -2.49. The van der Waals surface area contributed by atoms with Crippen molar-refractivity contribution in [2.75, 3.05) is 49.5 Å². The zero-order valence-electron chi connectivity index (χ0n) is 16.1. The fourth-order valence-corrected chi connectivity index (χ4v) is 3.26. The molecule has 2 aromatic heterocycles. The lowest BCUT2D eigenvalue weighted by molar-refractivity contribution is 0.0955. The fraction of sp³-hybridized carbons (Fsp3) is 0.450. The van der Waals surface area contributed by atoms with Crippen molar-refractivity contribution in [2.24, 2.45) is 0 Å². The molecule has 1 unspecified atom stereocenters. The summed E-state index contributed by atoms with van der Waals surface area (Å²) in [5, 5.41) is 6.20. The van der Waals surface area contributed by atoms with Gasteiger partial charge in [-0.1, -0.05) is 6.07 Å². The molecule has 0 spiro atoms. The number of piperazine rings is 1. The molecule has 1 aliphatic heterocycles. The highest BCUT2D eigenvalue weighted by Gasteiger charge is 2.19. The molecule has 0 aliphatic carbocycles. The molecule has 0 bridgehead atoms. The molecule has 7 nitrogen and oxygen atoms in total. The first-order valence-electron chi connectivity index (χ1n) is 9.55. The number of aromatic nitrogens is 2. The van der Waals surface area contributed by atoms with E-state index in [-0.39, 0.29) is 11.9 Å². The van der Waals surface area contributed by atoms with Crippen LogP contribution in [0.25, 0.3) is 0 Å². The van der Waals surface area contributed by atoms with Crippen molar-refractivity contribution in [3.63, 3.8) is 0 Å². The SMILES string of the molecule is CCNC(=O)c1ccc(NC(C)CN2CCN(c3ccccn3)CC2)nc1. The average molecular weight is 368 g/mol. The molecule has 1 aliphatic rings. The van der Waals surface area contributed by atoms with Crippen LogP contribution in [0.2, 0.25) is 0 Å². The van der Waals surface area contributed by atoms with Gasteiger partial charge in [-0.2, -0.15) is 0 Å². The molecule has 27 heavy (non-hydrogen) atoms. The number of pyridine rings is 2. The first-order valence-corrected chi connectivity index (χ1v) is 9.55. The van der Waals surface area contributed by atoms with Gasteiger partial charge in [-0.25, -0.2) is 9.97 Å². The predicted molar refractivity (Wildman–Crippen MR) is 108 cm³/mol. The molecule has 1 fully saturated rings. The van der Waals surface area contributed by atoms with Crippen LogP contribution in [0.15, 0.2) is 42.7 Å². The molecule has 1 atom stereocenters. The van der Waals surface area contributed by atoms with Gasteiger partial charge >= 0.3 is 0 Å². The molecule has 7 heteroatoms. The van der Waals surface area contributed by atoms with Crippen molar-refractivity contribution in [1.82, 2.24) is 20.2 Å². The Hall–Kier alpha value is -2.67. The molecule has 1 saturated heterocycles. The largest absolute Gasteiger partial charge is 0.366 e. The van der Waals surface area contributed by atoms with Crippen molar-refractivity contribution < 1.29 is 4.79 Å². The highest BCUT2D eigenvalue weighted by Crippen LogP contribution is 2.13. The molecule has 2 aromatic rings. The Bertz CT molecular complexity index is 713. The second-order valence-electron chi connectivity index (χ2n) is 6.81. The summed E-state index contributed by atoms with van der Waals surface area (Å²) >= 11 is 0. The third-order valence-corrected chi connectivity index (χ3v) is 4.63. The molecular weight excluding hydrogens is 340 g/mol. The van der Waals surface area contributed by atoms with E-state index in [1.807, 2.05) is 31.3 Å². The molecule has 3 rings (SSSR count). The summed E-state index contributed by atoms with van der Waals surface area (Å²) in [6, 6.07) is 9.98. The van der Waals surface area contributed by atoms with Crippen LogP contribution in [0, 0.1) is 0 Å². The van der Waals surface area contributed by atoms with Gasteiger partial charge in [0.1, 0.15) is 11.6 Å². The summed E-state index contributed by atoms with van der Waals surface area (Å²) in [5.41, 5.74) is 0.584. The fourth-order valence-electron chi connectivity index (χ4n) is 3.26. The first kappa shape index (κ1) is 19.1. The minimum Gasteiger partial charge on any atom is -0.366 e. The lowest BCUT2D eigenvalue weighted by atomic mass is 10.2. The Morgan fingerprint density at radius 1 is 1.15 bits per heavy atom. The second-order valence-corrected chi connectivity index (χ2v) is 6.81. The monoisotopic (exact) mass is 368 g/mol. The van der Waals surface area contributed by atoms with Crippen LogP contribution in [0.5, 0.6) is 0 Å². The van der Waals surface area contributed by atoms with E-state index in [2.05, 4.69) is 43.4 Å². The Balaban J connectivity index is 1.44. The second kappa shape index (κ2) is 9.32. The zero-order chi connectivity index (χ0) is 19.1. The minimum absolute atomic E-state index is 0.0876. The van der Waals surface area contributed by atoms with Gasteiger partial charge in [0, 0.05) is 57.7 Å². The Morgan fingerprint density at radius 2 is 1.96 bits per heavy atom. The normalized spacial score (nSPS) is 16.0. The molecule has 1 amide bonds. The highest BCUT2D eigenvalue weighted by molar-refractivity contribution is 5.93. The number of anilines is 2. The topological polar surface area (TPSA) is 73.4 Å². The van der Waals surface area contributed by atoms with Gasteiger partial charge < -0.3 is 15.5 Å². The minimum atomic E-state index is -0.0876. The molecule has 0 saturated carbocycles. The van der Waals surface area contributed by atoms with Crippen molar-refractivity contribution in [1.29, 1.82) is 0 Å². The van der Waals surface area contributed by atoms with Crippen LogP contribution < -0.4 is 15.5 Å². The maximum absolute atomic E-state index is 11.8. The van der Waals surface area contributed by atoms with Crippen LogP contribution in [0.4, 0.5) is 11.6 Å². The summed E-state index contributed by atoms with van der Waals surface area (Å²) in [5.74, 6) is 1.76. The van der Waals surface area contributed by atoms with Gasteiger partial charge in [0.2, 0.25) is 0 Å². The molecule has 2 N–H and O–H groups in total. The number of nitrogens with zero attached hydrogens (tertiary/aromatic N) is 4. The van der Waals surface area contributed by atoms with Crippen LogP contribution in [-0.4, -0.2) is 66.1 Å². The number of hydrogen-bond donors (Lipinski definition) is 2. The number of carbonyl (C=O) groups is 1. The van der Waals surface area contributed by atoms with Gasteiger partial charge in [-0.15, -0.1) is 0 Å². The third-order valence-electron chi connectivity index (χ3n) is 4.63.